The zero-order chi connectivity index (χ0) is 24.3. The SMILES string of the molecule is CC(=O)OCC1=C(C(=O)O)N2C(=O)[C@@H](NC(=O)C(=NOCC#N)c3nc(N)sc3F)[C@H]2SC1. The molecule has 13 nitrogen and oxygen atoms in total. The first kappa shape index (κ1) is 23.9. The van der Waals surface area contributed by atoms with Gasteiger partial charge in [0, 0.05) is 18.2 Å². The van der Waals surface area contributed by atoms with Crippen LogP contribution < -0.4 is 11.1 Å². The van der Waals surface area contributed by atoms with Crippen LogP contribution in [-0.4, -0.2) is 74.8 Å². The molecule has 0 saturated carbocycles. The molecule has 2 atom stereocenters. The molecule has 2 amide bonds. The molecular weight excluding hydrogens is 483 g/mol. The molecule has 1 aromatic rings. The summed E-state index contributed by atoms with van der Waals surface area (Å²) in [5.74, 6) is -3.66. The molecule has 4 N–H and O–H groups in total. The quantitative estimate of drug-likeness (QED) is 0.136. The van der Waals surface area contributed by atoms with Crippen LogP contribution in [0.15, 0.2) is 16.4 Å². The third-order valence-corrected chi connectivity index (χ3v) is 6.33. The molecule has 3 heterocycles. The normalized spacial score (nSPS) is 19.8. The van der Waals surface area contributed by atoms with Gasteiger partial charge in [0.25, 0.3) is 11.8 Å². The molecule has 33 heavy (non-hydrogen) atoms. The molecule has 0 bridgehead atoms. The number of amides is 2. The zero-order valence-corrected chi connectivity index (χ0v) is 18.4. The summed E-state index contributed by atoms with van der Waals surface area (Å²) in [6.45, 7) is 0.331. The maximum absolute atomic E-state index is 14.1. The number of halogens is 1. The third kappa shape index (κ3) is 4.88. The summed E-state index contributed by atoms with van der Waals surface area (Å²) in [6.07, 6.45) is 0. The molecule has 0 spiro atoms. The molecule has 1 saturated heterocycles. The summed E-state index contributed by atoms with van der Waals surface area (Å²) in [5, 5.41) is 22.1. The van der Waals surface area contributed by atoms with Crippen molar-refractivity contribution in [1.82, 2.24) is 15.2 Å². The Hall–Kier alpha value is -3.71. The predicted molar refractivity (Wildman–Crippen MR) is 111 cm³/mol. The fourth-order valence-corrected chi connectivity index (χ4v) is 4.86. The van der Waals surface area contributed by atoms with Gasteiger partial charge in [-0.1, -0.05) is 16.5 Å². The fourth-order valence-electron chi connectivity index (χ4n) is 2.97. The van der Waals surface area contributed by atoms with E-state index in [2.05, 4.69) is 20.3 Å². The molecular formula is C17H15FN6O7S2. The molecule has 3 rings (SSSR count). The second-order valence-corrected chi connectivity index (χ2v) is 8.53. The number of oxime groups is 1. The van der Waals surface area contributed by atoms with E-state index in [9.17, 15) is 28.7 Å². The fraction of sp³-hybridized carbons (Fsp3) is 0.353. The number of nitrogen functional groups attached to an aromatic ring is 1. The van der Waals surface area contributed by atoms with E-state index in [1.54, 1.807) is 6.07 Å². The number of carbonyl (C=O) groups excluding carboxylic acids is 3. The van der Waals surface area contributed by atoms with Crippen molar-refractivity contribution in [2.75, 3.05) is 24.7 Å². The predicted octanol–water partition coefficient (Wildman–Crippen LogP) is -0.590. The van der Waals surface area contributed by atoms with Crippen LogP contribution in [0.1, 0.15) is 12.6 Å². The number of anilines is 1. The monoisotopic (exact) mass is 498 g/mol. The molecule has 1 aromatic heterocycles. The Bertz CT molecular complexity index is 1130. The number of aliphatic carboxylic acids is 1. The standard InChI is InChI=1S/C17H15FN6O7S2/c1-6(25)30-4-7-5-32-15-10(14(27)24(15)11(7)16(28)29)21-13(26)9(23-31-3-2-19)8-12(18)33-17(20)22-8/h10,15H,3-5H2,1H3,(H2,20,22)(H,21,26)(H,28,29)/t10-,15-/m1/s1. The van der Waals surface area contributed by atoms with E-state index in [4.69, 9.17) is 15.7 Å². The Morgan fingerprint density at radius 2 is 2.21 bits per heavy atom. The summed E-state index contributed by atoms with van der Waals surface area (Å²) in [4.78, 5) is 57.6. The first-order chi connectivity index (χ1) is 15.6. The highest BCUT2D eigenvalue weighted by molar-refractivity contribution is 8.00. The van der Waals surface area contributed by atoms with Crippen molar-refractivity contribution in [2.24, 2.45) is 5.16 Å². The molecule has 0 aliphatic carbocycles. The van der Waals surface area contributed by atoms with Gasteiger partial charge >= 0.3 is 11.9 Å². The van der Waals surface area contributed by atoms with Crippen LogP contribution in [0.3, 0.4) is 0 Å². The lowest BCUT2D eigenvalue weighted by Crippen LogP contribution is -2.71. The Balaban J connectivity index is 1.81. The number of nitrogens with one attached hydrogen (secondary N) is 1. The Labute approximate surface area is 193 Å². The van der Waals surface area contributed by atoms with Crippen LogP contribution in [0, 0.1) is 16.5 Å². The highest BCUT2D eigenvalue weighted by Gasteiger charge is 2.54. The summed E-state index contributed by atoms with van der Waals surface area (Å²) >= 11 is 1.59. The number of aromatic nitrogens is 1. The molecule has 16 heteroatoms. The lowest BCUT2D eigenvalue weighted by atomic mass is 10.0. The lowest BCUT2D eigenvalue weighted by Gasteiger charge is -2.49. The largest absolute Gasteiger partial charge is 0.477 e. The smallest absolute Gasteiger partial charge is 0.352 e. The van der Waals surface area contributed by atoms with E-state index >= 15 is 0 Å². The minimum Gasteiger partial charge on any atom is -0.477 e. The van der Waals surface area contributed by atoms with Crippen LogP contribution in [0.5, 0.6) is 0 Å². The summed E-state index contributed by atoms with van der Waals surface area (Å²) < 4.78 is 19.0. The highest BCUT2D eigenvalue weighted by atomic mass is 32.2. The molecule has 2 aliphatic heterocycles. The number of carboxylic acids is 1. The number of fused-ring (bicyclic) bond motifs is 1. The van der Waals surface area contributed by atoms with Crippen molar-refractivity contribution >= 4 is 57.7 Å². The number of thiazole rings is 1. The van der Waals surface area contributed by atoms with Gasteiger partial charge in [-0.05, 0) is 0 Å². The minimum absolute atomic E-state index is 0.124. The van der Waals surface area contributed by atoms with Gasteiger partial charge in [0.05, 0.1) is 0 Å². The first-order valence-electron chi connectivity index (χ1n) is 8.99. The zero-order valence-electron chi connectivity index (χ0n) is 16.7. The number of carboxylic acid groups (broad SMARTS) is 1. The number of hydrogen-bond donors (Lipinski definition) is 3. The molecule has 2 aliphatic rings. The Morgan fingerprint density at radius 1 is 1.48 bits per heavy atom. The van der Waals surface area contributed by atoms with Crippen molar-refractivity contribution in [2.45, 2.75) is 18.3 Å². The van der Waals surface area contributed by atoms with Gasteiger partial charge in [0.2, 0.25) is 11.7 Å². The van der Waals surface area contributed by atoms with E-state index in [0.717, 1.165) is 16.7 Å². The number of nitrogens with two attached hydrogens (primary N) is 1. The van der Waals surface area contributed by atoms with Gasteiger partial charge in [-0.15, -0.1) is 11.8 Å². The summed E-state index contributed by atoms with van der Waals surface area (Å²) in [7, 11) is 0. The van der Waals surface area contributed by atoms with Gasteiger partial charge in [0.15, 0.2) is 10.8 Å². The van der Waals surface area contributed by atoms with Gasteiger partial charge in [-0.3, -0.25) is 19.3 Å². The van der Waals surface area contributed by atoms with Crippen molar-refractivity contribution in [3.8, 4) is 6.07 Å². The third-order valence-electron chi connectivity index (χ3n) is 4.31. The Kier molecular flexibility index (Phi) is 7.13. The van der Waals surface area contributed by atoms with Crippen LogP contribution in [0.2, 0.25) is 0 Å². The number of esters is 1. The van der Waals surface area contributed by atoms with Gasteiger partial charge in [-0.25, -0.2) is 9.78 Å². The molecule has 0 unspecified atom stereocenters. The number of nitrogens with zero attached hydrogens (tertiary/aromatic N) is 4. The minimum atomic E-state index is -1.40. The van der Waals surface area contributed by atoms with E-state index < -0.39 is 58.3 Å². The van der Waals surface area contributed by atoms with E-state index in [0.29, 0.717) is 11.3 Å². The molecule has 0 radical (unpaired) electrons. The van der Waals surface area contributed by atoms with Crippen LogP contribution in [-0.2, 0) is 28.8 Å². The second kappa shape index (κ2) is 9.83. The highest BCUT2D eigenvalue weighted by Crippen LogP contribution is 2.40. The van der Waals surface area contributed by atoms with Crippen LogP contribution >= 0.6 is 23.1 Å². The summed E-state index contributed by atoms with van der Waals surface area (Å²) in [5.41, 5.74) is 4.17. The number of nitriles is 1. The topological polar surface area (TPSA) is 197 Å². The van der Waals surface area contributed by atoms with Crippen LogP contribution in [0.4, 0.5) is 9.52 Å². The first-order valence-corrected chi connectivity index (χ1v) is 10.9. The van der Waals surface area contributed by atoms with Gasteiger partial charge in [0.1, 0.15) is 35.5 Å². The lowest BCUT2D eigenvalue weighted by molar-refractivity contribution is -0.150. The number of hydrogen-bond acceptors (Lipinski definition) is 12. The van der Waals surface area contributed by atoms with Gasteiger partial charge < -0.3 is 25.7 Å². The van der Waals surface area contributed by atoms with E-state index in [1.165, 1.54) is 6.92 Å². The number of β-lactam (4-membered cyclic amide) rings is 1. The second-order valence-electron chi connectivity index (χ2n) is 6.44. The average Bonchev–Trinajstić information content (AvgIpc) is 3.09. The average molecular weight is 498 g/mol. The van der Waals surface area contributed by atoms with Crippen molar-refractivity contribution < 1.29 is 38.2 Å². The number of ether oxygens (including phenoxy) is 1. The van der Waals surface area contributed by atoms with Crippen LogP contribution in [0.25, 0.3) is 0 Å². The Morgan fingerprint density at radius 3 is 2.79 bits per heavy atom. The summed E-state index contributed by atoms with van der Waals surface area (Å²) in [6, 6.07) is 0.464. The number of thioether (sulfide) groups is 1. The molecule has 1 fully saturated rings. The van der Waals surface area contributed by atoms with Crippen molar-refractivity contribution in [3.05, 3.63) is 22.1 Å². The number of carbonyl (C=O) groups is 4. The molecule has 174 valence electrons. The van der Waals surface area contributed by atoms with Gasteiger partial charge in [-0.2, -0.15) is 9.65 Å². The van der Waals surface area contributed by atoms with Crippen molar-refractivity contribution in [3.63, 3.8) is 0 Å². The molecule has 0 aromatic carbocycles. The van der Waals surface area contributed by atoms with Crippen molar-refractivity contribution in [1.29, 1.82) is 5.26 Å². The number of rotatable bonds is 8. The van der Waals surface area contributed by atoms with E-state index in [-0.39, 0.29) is 28.8 Å². The maximum Gasteiger partial charge on any atom is 0.352 e. The van der Waals surface area contributed by atoms with E-state index in [1.807, 2.05) is 0 Å². The maximum atomic E-state index is 14.1.